The highest BCUT2D eigenvalue weighted by atomic mass is 16.3. The number of nitrogens with zero attached hydrogens (tertiary/aromatic N) is 3. The van der Waals surface area contributed by atoms with Crippen LogP contribution in [0.4, 0.5) is 0 Å². The van der Waals surface area contributed by atoms with E-state index >= 15 is 0 Å². The summed E-state index contributed by atoms with van der Waals surface area (Å²) < 4.78 is 0. The average molecular weight is 141 g/mol. The van der Waals surface area contributed by atoms with E-state index in [0.29, 0.717) is 19.4 Å². The van der Waals surface area contributed by atoms with E-state index in [2.05, 4.69) is 16.6 Å². The highest BCUT2D eigenvalue weighted by Gasteiger charge is 1.94. The van der Waals surface area contributed by atoms with Gasteiger partial charge in [-0.25, -0.2) is 0 Å². The topological polar surface area (TPSA) is 69.0 Å². The minimum atomic E-state index is -0.464. The maximum Gasteiger partial charge on any atom is 0.0718 e. The summed E-state index contributed by atoms with van der Waals surface area (Å²) in [7, 11) is 0. The van der Waals surface area contributed by atoms with Gasteiger partial charge in [0.1, 0.15) is 0 Å². The summed E-state index contributed by atoms with van der Waals surface area (Å²) in [6.45, 7) is 3.85. The highest BCUT2D eigenvalue weighted by Crippen LogP contribution is 1.97. The van der Waals surface area contributed by atoms with Crippen LogP contribution in [0.5, 0.6) is 0 Å². The van der Waals surface area contributed by atoms with Gasteiger partial charge < -0.3 is 5.11 Å². The van der Waals surface area contributed by atoms with E-state index in [1.54, 1.807) is 0 Å². The van der Waals surface area contributed by atoms with Crippen molar-refractivity contribution in [2.24, 2.45) is 5.11 Å². The number of aliphatic hydroxyl groups is 1. The van der Waals surface area contributed by atoms with Crippen LogP contribution >= 0.6 is 0 Å². The van der Waals surface area contributed by atoms with E-state index in [0.717, 1.165) is 0 Å². The third kappa shape index (κ3) is 5.15. The molecule has 4 nitrogen and oxygen atoms in total. The molecule has 1 unspecified atom stereocenters. The molecule has 56 valence electrons. The van der Waals surface area contributed by atoms with Crippen LogP contribution < -0.4 is 0 Å². The second-order valence-electron chi connectivity index (χ2n) is 1.90. The number of aliphatic hydroxyl groups excluding tert-OH is 1. The molecule has 1 atom stereocenters. The number of rotatable bonds is 5. The molecule has 0 bridgehead atoms. The molecule has 10 heavy (non-hydrogen) atoms. The molecule has 0 aromatic carbocycles. The van der Waals surface area contributed by atoms with E-state index < -0.39 is 6.10 Å². The summed E-state index contributed by atoms with van der Waals surface area (Å²) in [5.41, 5.74) is 7.86. The molecule has 0 aliphatic rings. The van der Waals surface area contributed by atoms with Gasteiger partial charge in [0.15, 0.2) is 0 Å². The quantitative estimate of drug-likeness (QED) is 0.204. The molecule has 0 aliphatic heterocycles. The van der Waals surface area contributed by atoms with Crippen LogP contribution in [-0.2, 0) is 0 Å². The molecule has 0 aliphatic carbocycles. The first-order valence-corrected chi connectivity index (χ1v) is 3.12. The predicted octanol–water partition coefficient (Wildman–Crippen LogP) is 1.62. The van der Waals surface area contributed by atoms with E-state index in [1.807, 2.05) is 0 Å². The fourth-order valence-corrected chi connectivity index (χ4v) is 0.534. The fourth-order valence-electron chi connectivity index (χ4n) is 0.534. The summed E-state index contributed by atoms with van der Waals surface area (Å²) in [5.74, 6) is 0. The Hall–Kier alpha value is -0.990. The maximum absolute atomic E-state index is 8.90. The van der Waals surface area contributed by atoms with Crippen LogP contribution in [0.3, 0.4) is 0 Å². The van der Waals surface area contributed by atoms with Gasteiger partial charge in [0, 0.05) is 11.5 Å². The lowest BCUT2D eigenvalue weighted by Crippen LogP contribution is -2.01. The minimum absolute atomic E-state index is 0.446. The summed E-state index contributed by atoms with van der Waals surface area (Å²) >= 11 is 0. The zero-order valence-electron chi connectivity index (χ0n) is 5.77. The molecule has 0 fully saturated rings. The predicted molar refractivity (Wildman–Crippen MR) is 39.5 cm³/mol. The Labute approximate surface area is 59.8 Å². The zero-order valence-corrected chi connectivity index (χ0v) is 5.77. The first kappa shape index (κ1) is 9.01. The first-order valence-electron chi connectivity index (χ1n) is 3.12. The Kier molecular flexibility index (Phi) is 5.53. The molecule has 0 heterocycles. The Balaban J connectivity index is 3.18. The van der Waals surface area contributed by atoms with Crippen molar-refractivity contribution < 1.29 is 5.11 Å². The van der Waals surface area contributed by atoms with Crippen molar-refractivity contribution in [3.8, 4) is 0 Å². The van der Waals surface area contributed by atoms with Crippen LogP contribution in [-0.4, -0.2) is 17.8 Å². The first-order chi connectivity index (χ1) is 4.81. The van der Waals surface area contributed by atoms with Crippen LogP contribution in [0.15, 0.2) is 17.8 Å². The molecular weight excluding hydrogens is 130 g/mol. The van der Waals surface area contributed by atoms with Crippen molar-refractivity contribution in [3.05, 3.63) is 23.1 Å². The highest BCUT2D eigenvalue weighted by molar-refractivity contribution is 4.77. The Bertz CT molecular complexity index is 140. The number of azide groups is 1. The van der Waals surface area contributed by atoms with Crippen molar-refractivity contribution in [1.82, 2.24) is 0 Å². The van der Waals surface area contributed by atoms with Gasteiger partial charge in [-0.1, -0.05) is 11.2 Å². The van der Waals surface area contributed by atoms with Crippen molar-refractivity contribution >= 4 is 0 Å². The van der Waals surface area contributed by atoms with Crippen molar-refractivity contribution in [3.63, 3.8) is 0 Å². The van der Waals surface area contributed by atoms with Crippen molar-refractivity contribution in [2.45, 2.75) is 18.9 Å². The summed E-state index contributed by atoms with van der Waals surface area (Å²) in [4.78, 5) is 2.58. The van der Waals surface area contributed by atoms with Gasteiger partial charge in [-0.15, -0.1) is 6.58 Å². The molecule has 0 saturated carbocycles. The summed E-state index contributed by atoms with van der Waals surface area (Å²) in [5, 5.41) is 12.2. The van der Waals surface area contributed by atoms with Crippen molar-refractivity contribution in [2.75, 3.05) is 6.54 Å². The largest absolute Gasteiger partial charge is 0.389 e. The molecule has 0 radical (unpaired) electrons. The van der Waals surface area contributed by atoms with Crippen LogP contribution in [0, 0.1) is 0 Å². The number of hydrogen-bond donors (Lipinski definition) is 1. The lowest BCUT2D eigenvalue weighted by Gasteiger charge is -2.00. The van der Waals surface area contributed by atoms with Gasteiger partial charge in [0.2, 0.25) is 0 Å². The van der Waals surface area contributed by atoms with Gasteiger partial charge in [0.25, 0.3) is 0 Å². The molecule has 0 amide bonds. The Morgan fingerprint density at radius 1 is 1.80 bits per heavy atom. The van der Waals surface area contributed by atoms with Gasteiger partial charge in [-0.2, -0.15) is 0 Å². The fraction of sp³-hybridized carbons (Fsp3) is 0.667. The summed E-state index contributed by atoms with van der Waals surface area (Å²) in [6.07, 6.45) is 2.32. The molecule has 0 aromatic rings. The van der Waals surface area contributed by atoms with E-state index in [9.17, 15) is 0 Å². The van der Waals surface area contributed by atoms with Crippen molar-refractivity contribution in [1.29, 1.82) is 0 Å². The molecule has 4 heteroatoms. The Morgan fingerprint density at radius 3 is 3.00 bits per heavy atom. The van der Waals surface area contributed by atoms with E-state index in [4.69, 9.17) is 10.6 Å². The lowest BCUT2D eigenvalue weighted by molar-refractivity contribution is 0.211. The number of hydrogen-bond acceptors (Lipinski definition) is 2. The van der Waals surface area contributed by atoms with Gasteiger partial charge >= 0.3 is 0 Å². The third-order valence-electron chi connectivity index (χ3n) is 1.09. The zero-order chi connectivity index (χ0) is 7.82. The minimum Gasteiger partial charge on any atom is -0.389 e. The standard InChI is InChI=1S/C6H11N3O/c1-2-6(10)4-3-5-8-9-7/h2,6,10H,1,3-5H2. The normalized spacial score (nSPS) is 11.7. The lowest BCUT2D eigenvalue weighted by atomic mass is 10.2. The molecule has 0 aromatic heterocycles. The molecule has 0 rings (SSSR count). The second-order valence-corrected chi connectivity index (χ2v) is 1.90. The molecule has 0 saturated heterocycles. The molecule has 0 spiro atoms. The van der Waals surface area contributed by atoms with Gasteiger partial charge in [-0.3, -0.25) is 0 Å². The average Bonchev–Trinajstić information content (AvgIpc) is 1.98. The maximum atomic E-state index is 8.90. The monoisotopic (exact) mass is 141 g/mol. The van der Waals surface area contributed by atoms with Crippen LogP contribution in [0.1, 0.15) is 12.8 Å². The molecule has 1 N–H and O–H groups in total. The van der Waals surface area contributed by atoms with Gasteiger partial charge in [0.05, 0.1) is 6.10 Å². The Morgan fingerprint density at radius 2 is 2.50 bits per heavy atom. The SMILES string of the molecule is C=CC(O)CCCN=[N+]=[N-]. The van der Waals surface area contributed by atoms with Gasteiger partial charge in [-0.05, 0) is 18.4 Å². The van der Waals surface area contributed by atoms with Crippen LogP contribution in [0.2, 0.25) is 0 Å². The third-order valence-corrected chi connectivity index (χ3v) is 1.09. The van der Waals surface area contributed by atoms with E-state index in [-0.39, 0.29) is 0 Å². The summed E-state index contributed by atoms with van der Waals surface area (Å²) in [6, 6.07) is 0. The molecular formula is C6H11N3O. The smallest absolute Gasteiger partial charge is 0.0718 e. The van der Waals surface area contributed by atoms with Crippen LogP contribution in [0.25, 0.3) is 10.4 Å². The second kappa shape index (κ2) is 6.13. The van der Waals surface area contributed by atoms with E-state index in [1.165, 1.54) is 6.08 Å².